The largest absolute Gasteiger partial charge is 0.469 e. The summed E-state index contributed by atoms with van der Waals surface area (Å²) in [5.74, 6) is -0.791. The van der Waals surface area contributed by atoms with E-state index in [4.69, 9.17) is 4.74 Å². The van der Waals surface area contributed by atoms with Crippen LogP contribution in [-0.2, 0) is 9.53 Å². The lowest BCUT2D eigenvalue weighted by Crippen LogP contribution is -2.31. The van der Waals surface area contributed by atoms with Crippen molar-refractivity contribution in [2.75, 3.05) is 7.11 Å². The quantitative estimate of drug-likeness (QED) is 0.775. The molecular formula is C12H15BrFNO2S. The molecule has 18 heavy (non-hydrogen) atoms. The van der Waals surface area contributed by atoms with E-state index in [9.17, 15) is 9.18 Å². The van der Waals surface area contributed by atoms with E-state index in [1.807, 2.05) is 6.92 Å². The average molecular weight is 336 g/mol. The second-order valence-electron chi connectivity index (χ2n) is 4.54. The molecule has 2 rings (SSSR count). The maximum Gasteiger partial charge on any atom is 0.309 e. The summed E-state index contributed by atoms with van der Waals surface area (Å²) < 4.78 is 19.2. The van der Waals surface area contributed by atoms with Crippen molar-refractivity contribution in [1.29, 1.82) is 0 Å². The van der Waals surface area contributed by atoms with Crippen molar-refractivity contribution in [3.05, 3.63) is 14.5 Å². The number of methoxy groups -OCH3 is 1. The number of aryl methyl sites for hydroxylation is 1. The summed E-state index contributed by atoms with van der Waals surface area (Å²) in [6.45, 7) is 1.92. The van der Waals surface area contributed by atoms with Crippen LogP contribution >= 0.6 is 27.3 Å². The first-order valence-corrected chi connectivity index (χ1v) is 7.48. The molecule has 1 aromatic heterocycles. The van der Waals surface area contributed by atoms with E-state index in [1.165, 1.54) is 7.11 Å². The van der Waals surface area contributed by atoms with E-state index in [0.717, 1.165) is 14.5 Å². The van der Waals surface area contributed by atoms with Gasteiger partial charge in [0.05, 0.1) is 27.5 Å². The van der Waals surface area contributed by atoms with Gasteiger partial charge in [-0.2, -0.15) is 0 Å². The lowest BCUT2D eigenvalue weighted by molar-refractivity contribution is -0.148. The van der Waals surface area contributed by atoms with Crippen LogP contribution in [0.3, 0.4) is 0 Å². The number of thiazole rings is 1. The summed E-state index contributed by atoms with van der Waals surface area (Å²) in [5.41, 5.74) is 0.875. The van der Waals surface area contributed by atoms with Gasteiger partial charge >= 0.3 is 5.97 Å². The summed E-state index contributed by atoms with van der Waals surface area (Å²) in [4.78, 5) is 16.3. The van der Waals surface area contributed by atoms with Crippen molar-refractivity contribution in [2.24, 2.45) is 5.92 Å². The monoisotopic (exact) mass is 335 g/mol. The Morgan fingerprint density at radius 2 is 2.28 bits per heavy atom. The molecule has 3 atom stereocenters. The van der Waals surface area contributed by atoms with Gasteiger partial charge in [-0.3, -0.25) is 4.79 Å². The molecule has 1 aliphatic rings. The third-order valence-electron chi connectivity index (χ3n) is 3.36. The van der Waals surface area contributed by atoms with Gasteiger partial charge in [0, 0.05) is 5.92 Å². The normalized spacial score (nSPS) is 28.1. The maximum atomic E-state index is 13.5. The van der Waals surface area contributed by atoms with Crippen LogP contribution in [0.1, 0.15) is 35.9 Å². The zero-order chi connectivity index (χ0) is 13.3. The average Bonchev–Trinajstić information content (AvgIpc) is 2.67. The highest BCUT2D eigenvalue weighted by atomic mass is 79.9. The summed E-state index contributed by atoms with van der Waals surface area (Å²) in [7, 11) is 1.35. The smallest absolute Gasteiger partial charge is 0.309 e. The van der Waals surface area contributed by atoms with Crippen molar-refractivity contribution >= 4 is 33.2 Å². The van der Waals surface area contributed by atoms with Gasteiger partial charge in [-0.05, 0) is 42.1 Å². The first-order chi connectivity index (χ1) is 8.52. The molecule has 6 heteroatoms. The minimum absolute atomic E-state index is 0.0382. The summed E-state index contributed by atoms with van der Waals surface area (Å²) in [6, 6.07) is 0. The van der Waals surface area contributed by atoms with Crippen LogP contribution in [0.25, 0.3) is 0 Å². The zero-order valence-electron chi connectivity index (χ0n) is 10.3. The second-order valence-corrected chi connectivity index (χ2v) is 7.06. The minimum Gasteiger partial charge on any atom is -0.469 e. The molecule has 0 N–H and O–H groups in total. The highest BCUT2D eigenvalue weighted by molar-refractivity contribution is 9.11. The SMILES string of the molecule is COC(=O)[C@@H]1C[C@@H](F)CC[C@H]1c1nc(C)sc1Br. The van der Waals surface area contributed by atoms with Crippen LogP contribution in [0.2, 0.25) is 0 Å². The van der Waals surface area contributed by atoms with E-state index in [2.05, 4.69) is 20.9 Å². The van der Waals surface area contributed by atoms with Gasteiger partial charge in [-0.15, -0.1) is 11.3 Å². The van der Waals surface area contributed by atoms with Crippen LogP contribution in [0.4, 0.5) is 4.39 Å². The molecule has 0 saturated heterocycles. The van der Waals surface area contributed by atoms with Crippen molar-refractivity contribution in [3.8, 4) is 0 Å². The van der Waals surface area contributed by atoms with Gasteiger partial charge in [-0.25, -0.2) is 9.37 Å². The van der Waals surface area contributed by atoms with E-state index in [0.29, 0.717) is 12.8 Å². The van der Waals surface area contributed by atoms with Gasteiger partial charge < -0.3 is 4.74 Å². The topological polar surface area (TPSA) is 39.2 Å². The molecule has 1 aromatic rings. The molecule has 1 heterocycles. The first-order valence-electron chi connectivity index (χ1n) is 5.87. The van der Waals surface area contributed by atoms with Crippen molar-refractivity contribution in [3.63, 3.8) is 0 Å². The van der Waals surface area contributed by atoms with Crippen LogP contribution in [0.5, 0.6) is 0 Å². The number of rotatable bonds is 2. The van der Waals surface area contributed by atoms with E-state index >= 15 is 0 Å². The standard InChI is InChI=1S/C12H15BrFNO2S/c1-6-15-10(11(13)18-6)8-4-3-7(14)5-9(8)12(16)17-2/h7-9H,3-5H2,1-2H3/t7-,8+,9+/m0/s1. The molecular weight excluding hydrogens is 321 g/mol. The Labute approximate surface area is 118 Å². The number of aromatic nitrogens is 1. The van der Waals surface area contributed by atoms with Crippen LogP contribution < -0.4 is 0 Å². The predicted molar refractivity (Wildman–Crippen MR) is 71.5 cm³/mol. The summed E-state index contributed by atoms with van der Waals surface area (Å²) in [6.07, 6.45) is 0.452. The number of carbonyl (C=O) groups is 1. The molecule has 1 aliphatic carbocycles. The lowest BCUT2D eigenvalue weighted by Gasteiger charge is -2.30. The molecule has 1 saturated carbocycles. The van der Waals surface area contributed by atoms with E-state index < -0.39 is 12.1 Å². The van der Waals surface area contributed by atoms with Crippen molar-refractivity contribution < 1.29 is 13.9 Å². The molecule has 0 amide bonds. The molecule has 1 fully saturated rings. The third kappa shape index (κ3) is 2.74. The Balaban J connectivity index is 2.29. The fourth-order valence-electron chi connectivity index (χ4n) is 2.51. The molecule has 0 radical (unpaired) electrons. The Kier molecular flexibility index (Phi) is 4.37. The lowest BCUT2D eigenvalue weighted by atomic mass is 9.77. The molecule has 0 spiro atoms. The van der Waals surface area contributed by atoms with Gasteiger partial charge in [0.25, 0.3) is 0 Å². The number of halogens is 2. The van der Waals surface area contributed by atoms with Crippen LogP contribution in [0.15, 0.2) is 3.79 Å². The number of alkyl halides is 1. The van der Waals surface area contributed by atoms with Gasteiger partial charge in [0.1, 0.15) is 6.17 Å². The van der Waals surface area contributed by atoms with Gasteiger partial charge in [0.2, 0.25) is 0 Å². The number of nitrogens with zero attached hydrogens (tertiary/aromatic N) is 1. The highest BCUT2D eigenvalue weighted by Gasteiger charge is 2.39. The molecule has 0 aliphatic heterocycles. The first kappa shape index (κ1) is 13.9. The third-order valence-corrected chi connectivity index (χ3v) is 5.02. The minimum atomic E-state index is -0.913. The number of esters is 1. The molecule has 0 unspecified atom stereocenters. The highest BCUT2D eigenvalue weighted by Crippen LogP contribution is 2.43. The van der Waals surface area contributed by atoms with E-state index in [-0.39, 0.29) is 18.3 Å². The summed E-state index contributed by atoms with van der Waals surface area (Å²) in [5, 5.41) is 0.947. The van der Waals surface area contributed by atoms with Crippen molar-refractivity contribution in [2.45, 2.75) is 38.3 Å². The Morgan fingerprint density at radius 3 is 2.83 bits per heavy atom. The maximum absolute atomic E-state index is 13.5. The Bertz CT molecular complexity index is 451. The number of hydrogen-bond acceptors (Lipinski definition) is 4. The fourth-order valence-corrected chi connectivity index (χ4v) is 4.30. The van der Waals surface area contributed by atoms with Crippen LogP contribution in [0, 0.1) is 12.8 Å². The number of hydrogen-bond donors (Lipinski definition) is 0. The molecule has 100 valence electrons. The van der Waals surface area contributed by atoms with Gasteiger partial charge in [0.15, 0.2) is 0 Å². The predicted octanol–water partition coefficient (Wildman–Crippen LogP) is 3.61. The number of carbonyl (C=O) groups excluding carboxylic acids is 1. The van der Waals surface area contributed by atoms with Crippen molar-refractivity contribution in [1.82, 2.24) is 4.98 Å². The van der Waals surface area contributed by atoms with Gasteiger partial charge in [-0.1, -0.05) is 0 Å². The van der Waals surface area contributed by atoms with E-state index in [1.54, 1.807) is 11.3 Å². The zero-order valence-corrected chi connectivity index (χ0v) is 12.7. The second kappa shape index (κ2) is 5.65. The van der Waals surface area contributed by atoms with Crippen LogP contribution in [-0.4, -0.2) is 24.2 Å². The fraction of sp³-hybridized carbons (Fsp3) is 0.667. The Hall–Kier alpha value is -0.490. The Morgan fingerprint density at radius 1 is 1.56 bits per heavy atom. The molecule has 3 nitrogen and oxygen atoms in total. The molecule has 0 bridgehead atoms. The molecule has 0 aromatic carbocycles. The number of ether oxygens (including phenoxy) is 1. The summed E-state index contributed by atoms with van der Waals surface area (Å²) >= 11 is 5.02.